The number of hydrogen-bond acceptors (Lipinski definition) is 4. The van der Waals surface area contributed by atoms with Crippen LogP contribution in [0.5, 0.6) is 5.75 Å². The van der Waals surface area contributed by atoms with Gasteiger partial charge in [-0.3, -0.25) is 9.59 Å². The van der Waals surface area contributed by atoms with Crippen LogP contribution in [-0.2, 0) is 13.2 Å². The van der Waals surface area contributed by atoms with Crippen LogP contribution in [0.4, 0.5) is 8.78 Å². The van der Waals surface area contributed by atoms with Crippen molar-refractivity contribution < 1.29 is 28.2 Å². The molecule has 1 amide bonds. The van der Waals surface area contributed by atoms with Gasteiger partial charge in [-0.15, -0.1) is 0 Å². The summed E-state index contributed by atoms with van der Waals surface area (Å²) in [6, 6.07) is 7.59. The first-order valence-electron chi connectivity index (χ1n) is 9.66. The molecule has 2 aromatic rings. The number of alkyl halides is 2. The molecule has 0 radical (unpaired) electrons. The van der Waals surface area contributed by atoms with Crippen molar-refractivity contribution in [2.24, 2.45) is 5.92 Å². The first-order chi connectivity index (χ1) is 14.3. The van der Waals surface area contributed by atoms with E-state index in [2.05, 4.69) is 0 Å². The molecule has 9 heteroatoms. The SMILES string of the molecule is O=C(O)c1cn2c(c(OCc3ccccc3)c1=O)C(=O)N1[C@@H]3CC([C@@H]1C2)C(F)(F)C3. The van der Waals surface area contributed by atoms with Crippen LogP contribution in [0.1, 0.15) is 39.3 Å². The van der Waals surface area contributed by atoms with Crippen LogP contribution in [0, 0.1) is 5.92 Å². The second-order valence-corrected chi connectivity index (χ2v) is 8.02. The van der Waals surface area contributed by atoms with Crippen molar-refractivity contribution in [2.45, 2.75) is 44.0 Å². The summed E-state index contributed by atoms with van der Waals surface area (Å²) in [5, 5.41) is 9.43. The molecule has 5 rings (SSSR count). The van der Waals surface area contributed by atoms with E-state index in [0.717, 1.165) is 11.8 Å². The number of piperidine rings is 1. The predicted octanol–water partition coefficient (Wildman–Crippen LogP) is 2.38. The Morgan fingerprint density at radius 1 is 1.23 bits per heavy atom. The van der Waals surface area contributed by atoms with Crippen molar-refractivity contribution in [1.29, 1.82) is 0 Å². The number of aromatic carboxylic acids is 1. The molecule has 1 aromatic carbocycles. The van der Waals surface area contributed by atoms with Crippen LogP contribution in [-0.4, -0.2) is 44.5 Å². The summed E-state index contributed by atoms with van der Waals surface area (Å²) in [6.07, 6.45) is 0.875. The number of rotatable bonds is 4. The number of carboxylic acids is 1. The molecule has 7 nitrogen and oxygen atoms in total. The fraction of sp³-hybridized carbons (Fsp3) is 0.381. The van der Waals surface area contributed by atoms with Gasteiger partial charge in [0.05, 0.1) is 6.04 Å². The van der Waals surface area contributed by atoms with E-state index in [-0.39, 0.29) is 31.0 Å². The zero-order chi connectivity index (χ0) is 21.2. The highest BCUT2D eigenvalue weighted by Gasteiger charge is 2.63. The maximum atomic E-state index is 14.3. The van der Waals surface area contributed by atoms with Crippen LogP contribution in [0.25, 0.3) is 0 Å². The molecule has 1 saturated heterocycles. The van der Waals surface area contributed by atoms with Crippen molar-refractivity contribution in [2.75, 3.05) is 0 Å². The fourth-order valence-corrected chi connectivity index (χ4v) is 5.00. The highest BCUT2D eigenvalue weighted by Crippen LogP contribution is 2.53. The van der Waals surface area contributed by atoms with E-state index in [9.17, 15) is 28.3 Å². The molecule has 1 unspecified atom stereocenters. The maximum absolute atomic E-state index is 14.3. The van der Waals surface area contributed by atoms with E-state index in [0.29, 0.717) is 0 Å². The fourth-order valence-electron chi connectivity index (χ4n) is 5.00. The van der Waals surface area contributed by atoms with E-state index in [1.54, 1.807) is 24.3 Å². The molecule has 3 aliphatic rings. The number of aromatic nitrogens is 1. The normalized spacial score (nSPS) is 25.7. The summed E-state index contributed by atoms with van der Waals surface area (Å²) in [7, 11) is 0. The van der Waals surface area contributed by atoms with E-state index < -0.39 is 53.2 Å². The third kappa shape index (κ3) is 2.64. The van der Waals surface area contributed by atoms with Gasteiger partial charge in [0, 0.05) is 31.1 Å². The Kier molecular flexibility index (Phi) is 4.00. The Labute approximate surface area is 169 Å². The summed E-state index contributed by atoms with van der Waals surface area (Å²) in [5.74, 6) is -6.21. The van der Waals surface area contributed by atoms with E-state index in [1.165, 1.54) is 9.47 Å². The van der Waals surface area contributed by atoms with Gasteiger partial charge in [0.1, 0.15) is 12.2 Å². The second kappa shape index (κ2) is 6.38. The molecule has 2 aliphatic heterocycles. The number of halogens is 2. The number of amides is 1. The second-order valence-electron chi connectivity index (χ2n) is 8.02. The molecule has 2 fully saturated rings. The average Bonchev–Trinajstić information content (AvgIpc) is 3.21. The zero-order valence-electron chi connectivity index (χ0n) is 15.8. The Morgan fingerprint density at radius 2 is 1.97 bits per heavy atom. The summed E-state index contributed by atoms with van der Waals surface area (Å²) >= 11 is 0. The highest BCUT2D eigenvalue weighted by molar-refractivity contribution is 5.98. The standard InChI is InChI=1S/C21H18F2N2O5/c22-21(23)7-12-6-14(21)15-9-24-8-13(20(28)29)17(26)18(16(24)19(27)25(12)15)30-10-11-4-2-1-3-5-11/h1-5,8,12,14-15H,6-7,9-10H2,(H,28,29)/t12-,14?,15+/m1/s1. The number of hydrogen-bond donors (Lipinski definition) is 1. The van der Waals surface area contributed by atoms with E-state index in [4.69, 9.17) is 4.74 Å². The minimum atomic E-state index is -2.86. The number of carboxylic acid groups (broad SMARTS) is 1. The largest absolute Gasteiger partial charge is 0.483 e. The molecule has 1 N–H and O–H groups in total. The molecule has 156 valence electrons. The molecule has 1 saturated carbocycles. The van der Waals surface area contributed by atoms with Crippen molar-refractivity contribution in [3.05, 3.63) is 63.6 Å². The monoisotopic (exact) mass is 416 g/mol. The average molecular weight is 416 g/mol. The van der Waals surface area contributed by atoms with Crippen LogP contribution < -0.4 is 10.2 Å². The lowest BCUT2D eigenvalue weighted by Crippen LogP contribution is -2.56. The molecule has 3 atom stereocenters. The summed E-state index contributed by atoms with van der Waals surface area (Å²) in [5.41, 5.74) is -0.797. The summed E-state index contributed by atoms with van der Waals surface area (Å²) in [4.78, 5) is 39.1. The van der Waals surface area contributed by atoms with E-state index in [1.807, 2.05) is 6.07 Å². The lowest BCUT2D eigenvalue weighted by Gasteiger charge is -2.43. The Balaban J connectivity index is 1.59. The van der Waals surface area contributed by atoms with Crippen LogP contribution in [0.3, 0.4) is 0 Å². The predicted molar refractivity (Wildman–Crippen MR) is 99.9 cm³/mol. The lowest BCUT2D eigenvalue weighted by atomic mass is 9.92. The molecule has 3 heterocycles. The van der Waals surface area contributed by atoms with Crippen molar-refractivity contribution >= 4 is 11.9 Å². The summed E-state index contributed by atoms with van der Waals surface area (Å²) < 4.78 is 35.5. The Hall–Kier alpha value is -3.23. The molecular weight excluding hydrogens is 398 g/mol. The first-order valence-corrected chi connectivity index (χ1v) is 9.66. The van der Waals surface area contributed by atoms with Gasteiger partial charge in [-0.2, -0.15) is 0 Å². The number of fused-ring (bicyclic) bond motifs is 6. The van der Waals surface area contributed by atoms with Gasteiger partial charge in [0.25, 0.3) is 11.8 Å². The number of carbonyl (C=O) groups is 2. The van der Waals surface area contributed by atoms with Gasteiger partial charge in [-0.05, 0) is 12.0 Å². The number of carbonyl (C=O) groups excluding carboxylic acids is 1. The maximum Gasteiger partial charge on any atom is 0.341 e. The third-order valence-corrected chi connectivity index (χ3v) is 6.31. The minimum Gasteiger partial charge on any atom is -0.483 e. The number of benzene rings is 1. The van der Waals surface area contributed by atoms with Crippen LogP contribution >= 0.6 is 0 Å². The van der Waals surface area contributed by atoms with Gasteiger partial charge >= 0.3 is 5.97 Å². The van der Waals surface area contributed by atoms with Gasteiger partial charge < -0.3 is 19.3 Å². The number of ether oxygens (including phenoxy) is 1. The first kappa shape index (κ1) is 18.8. The number of pyridine rings is 1. The Morgan fingerprint density at radius 3 is 2.67 bits per heavy atom. The van der Waals surface area contributed by atoms with Crippen molar-refractivity contribution in [1.82, 2.24) is 9.47 Å². The number of nitrogens with zero attached hydrogens (tertiary/aromatic N) is 2. The van der Waals surface area contributed by atoms with Gasteiger partial charge in [-0.25, -0.2) is 13.6 Å². The molecule has 1 aliphatic carbocycles. The van der Waals surface area contributed by atoms with Crippen LogP contribution in [0.2, 0.25) is 0 Å². The van der Waals surface area contributed by atoms with Crippen molar-refractivity contribution in [3.63, 3.8) is 0 Å². The van der Waals surface area contributed by atoms with Gasteiger partial charge in [0.2, 0.25) is 5.43 Å². The van der Waals surface area contributed by atoms with Crippen LogP contribution in [0.15, 0.2) is 41.3 Å². The molecule has 2 bridgehead atoms. The molecule has 1 aromatic heterocycles. The van der Waals surface area contributed by atoms with Gasteiger partial charge in [-0.1, -0.05) is 30.3 Å². The minimum absolute atomic E-state index is 0.0000863. The topological polar surface area (TPSA) is 88.8 Å². The Bertz CT molecular complexity index is 1110. The van der Waals surface area contributed by atoms with E-state index >= 15 is 0 Å². The summed E-state index contributed by atoms with van der Waals surface area (Å²) in [6.45, 7) is -0.0347. The van der Waals surface area contributed by atoms with Crippen molar-refractivity contribution in [3.8, 4) is 5.75 Å². The quantitative estimate of drug-likeness (QED) is 0.827. The smallest absolute Gasteiger partial charge is 0.341 e. The molecule has 30 heavy (non-hydrogen) atoms. The zero-order valence-corrected chi connectivity index (χ0v) is 15.8. The van der Waals surface area contributed by atoms with Gasteiger partial charge in [0.15, 0.2) is 11.4 Å². The molecule has 0 spiro atoms. The molecular formula is C21H18F2N2O5. The highest BCUT2D eigenvalue weighted by atomic mass is 19.3. The third-order valence-electron chi connectivity index (χ3n) is 6.31. The lowest BCUT2D eigenvalue weighted by molar-refractivity contribution is -0.0887.